The van der Waals surface area contributed by atoms with Crippen molar-refractivity contribution in [1.82, 2.24) is 0 Å². The van der Waals surface area contributed by atoms with Gasteiger partial charge in [-0.05, 0) is 12.8 Å². The summed E-state index contributed by atoms with van der Waals surface area (Å²) in [4.78, 5) is 0. The maximum absolute atomic E-state index is 5.33. The van der Waals surface area contributed by atoms with Crippen LogP contribution in [-0.2, 0) is 9.47 Å². The second kappa shape index (κ2) is 11.5. The van der Waals surface area contributed by atoms with E-state index in [1.165, 1.54) is 12.8 Å². The lowest BCUT2D eigenvalue weighted by molar-refractivity contribution is 0.162. The summed E-state index contributed by atoms with van der Waals surface area (Å²) in [5.74, 6) is 0. The van der Waals surface area contributed by atoms with Gasteiger partial charge in [0.2, 0.25) is 0 Å². The van der Waals surface area contributed by atoms with E-state index in [-0.39, 0.29) is 0 Å². The molecule has 4 heteroatoms. The molecular weight excluding hydrogens is 199 g/mol. The molecule has 0 aliphatic carbocycles. The van der Waals surface area contributed by atoms with Gasteiger partial charge in [0.05, 0.1) is 0 Å². The minimum atomic E-state index is 0.301. The molecule has 0 aliphatic heterocycles. The van der Waals surface area contributed by atoms with Crippen molar-refractivity contribution in [2.24, 2.45) is 0 Å². The molecule has 74 valence electrons. The summed E-state index contributed by atoms with van der Waals surface area (Å²) in [5.41, 5.74) is 0. The summed E-state index contributed by atoms with van der Waals surface area (Å²) in [6, 6.07) is 0.602. The van der Waals surface area contributed by atoms with E-state index in [9.17, 15) is 0 Å². The molecule has 0 aromatic carbocycles. The van der Waals surface area contributed by atoms with E-state index < -0.39 is 0 Å². The molecule has 0 saturated carbocycles. The number of unbranched alkanes of at least 4 members (excludes halogenated alkanes) is 3. The van der Waals surface area contributed by atoms with Crippen LogP contribution < -0.4 is 0 Å². The average Bonchev–Trinajstić information content (AvgIpc) is 2.10. The van der Waals surface area contributed by atoms with Crippen molar-refractivity contribution in [2.45, 2.75) is 25.7 Å². The van der Waals surface area contributed by atoms with Crippen LogP contribution in [0.2, 0.25) is 0 Å². The highest BCUT2D eigenvalue weighted by atomic mass is 35.5. The molecule has 0 atom stereocenters. The molecule has 0 N–H and O–H groups in total. The van der Waals surface area contributed by atoms with Crippen LogP contribution in [0, 0.1) is 0 Å². The lowest BCUT2D eigenvalue weighted by atomic mass is 10.2. The second-order valence-electron chi connectivity index (χ2n) is 2.45. The predicted molar refractivity (Wildman–Crippen MR) is 51.8 cm³/mol. The van der Waals surface area contributed by atoms with Crippen LogP contribution >= 0.6 is 23.2 Å². The molecule has 0 aromatic rings. The van der Waals surface area contributed by atoms with Crippen molar-refractivity contribution >= 4 is 23.2 Å². The van der Waals surface area contributed by atoms with Crippen LogP contribution in [0.15, 0.2) is 0 Å². The standard InChI is InChI=1S/C8H16Cl2O2/c9-7-11-5-3-1-2-4-6-12-8-10/h1-8H2. The van der Waals surface area contributed by atoms with Gasteiger partial charge in [-0.2, -0.15) is 0 Å². The second-order valence-corrected chi connectivity index (χ2v) is 2.89. The summed E-state index contributed by atoms with van der Waals surface area (Å²) >= 11 is 10.7. The Balaban J connectivity index is 2.73. The largest absolute Gasteiger partial charge is 0.366 e. The Bertz CT molecular complexity index is 71.5. The van der Waals surface area contributed by atoms with E-state index >= 15 is 0 Å². The monoisotopic (exact) mass is 214 g/mol. The Kier molecular flexibility index (Phi) is 12.0. The number of hydrogen-bond donors (Lipinski definition) is 0. The van der Waals surface area contributed by atoms with E-state index in [0.717, 1.165) is 26.1 Å². The Hall–Kier alpha value is 0.500. The molecule has 0 bridgehead atoms. The number of halogens is 2. The molecule has 12 heavy (non-hydrogen) atoms. The van der Waals surface area contributed by atoms with E-state index in [0.29, 0.717) is 12.1 Å². The average molecular weight is 215 g/mol. The third-order valence-electron chi connectivity index (χ3n) is 1.48. The molecule has 0 heterocycles. The molecule has 0 spiro atoms. The number of rotatable bonds is 9. The summed E-state index contributed by atoms with van der Waals surface area (Å²) in [6.07, 6.45) is 4.49. The number of hydrogen-bond acceptors (Lipinski definition) is 2. The van der Waals surface area contributed by atoms with Gasteiger partial charge >= 0.3 is 0 Å². The molecule has 0 radical (unpaired) electrons. The third kappa shape index (κ3) is 10.5. The first kappa shape index (κ1) is 12.5. The maximum Gasteiger partial charge on any atom is 0.120 e. The van der Waals surface area contributed by atoms with Gasteiger partial charge in [-0.25, -0.2) is 0 Å². The molecule has 0 unspecified atom stereocenters. The summed E-state index contributed by atoms with van der Waals surface area (Å²) < 4.78 is 9.95. The Morgan fingerprint density at radius 2 is 1.08 bits per heavy atom. The lowest BCUT2D eigenvalue weighted by Crippen LogP contribution is -1.94. The topological polar surface area (TPSA) is 18.5 Å². The normalized spacial score (nSPS) is 10.5. The van der Waals surface area contributed by atoms with Crippen LogP contribution in [-0.4, -0.2) is 25.3 Å². The van der Waals surface area contributed by atoms with Gasteiger partial charge < -0.3 is 9.47 Å². The van der Waals surface area contributed by atoms with Gasteiger partial charge in [0.1, 0.15) is 12.1 Å². The van der Waals surface area contributed by atoms with Gasteiger partial charge in [-0.15, -0.1) is 0 Å². The van der Waals surface area contributed by atoms with E-state index in [2.05, 4.69) is 0 Å². The highest BCUT2D eigenvalue weighted by Gasteiger charge is 1.90. The minimum Gasteiger partial charge on any atom is -0.366 e. The molecule has 0 aliphatic rings. The van der Waals surface area contributed by atoms with E-state index in [4.69, 9.17) is 32.7 Å². The summed E-state index contributed by atoms with van der Waals surface area (Å²) in [7, 11) is 0. The Morgan fingerprint density at radius 3 is 1.42 bits per heavy atom. The van der Waals surface area contributed by atoms with Crippen LogP contribution in [0.5, 0.6) is 0 Å². The van der Waals surface area contributed by atoms with Crippen LogP contribution in [0.1, 0.15) is 25.7 Å². The van der Waals surface area contributed by atoms with Crippen LogP contribution in [0.4, 0.5) is 0 Å². The van der Waals surface area contributed by atoms with Crippen molar-refractivity contribution in [2.75, 3.05) is 25.3 Å². The fourth-order valence-corrected chi connectivity index (χ4v) is 1.09. The Morgan fingerprint density at radius 1 is 0.667 bits per heavy atom. The van der Waals surface area contributed by atoms with E-state index in [1.807, 2.05) is 0 Å². The van der Waals surface area contributed by atoms with Crippen molar-refractivity contribution in [3.05, 3.63) is 0 Å². The molecule has 0 rings (SSSR count). The summed E-state index contributed by atoms with van der Waals surface area (Å²) in [6.45, 7) is 1.53. The zero-order valence-corrected chi connectivity index (χ0v) is 8.74. The number of alkyl halides is 2. The van der Waals surface area contributed by atoms with Gasteiger partial charge in [0, 0.05) is 13.2 Å². The van der Waals surface area contributed by atoms with Gasteiger partial charge in [-0.1, -0.05) is 36.0 Å². The van der Waals surface area contributed by atoms with Gasteiger partial charge in [0.25, 0.3) is 0 Å². The maximum atomic E-state index is 5.33. The van der Waals surface area contributed by atoms with Crippen LogP contribution in [0.3, 0.4) is 0 Å². The number of ether oxygens (including phenoxy) is 2. The fraction of sp³-hybridized carbons (Fsp3) is 1.00. The smallest absolute Gasteiger partial charge is 0.120 e. The molecule has 0 amide bonds. The fourth-order valence-electron chi connectivity index (χ4n) is 0.871. The van der Waals surface area contributed by atoms with Crippen molar-refractivity contribution in [3.63, 3.8) is 0 Å². The first-order chi connectivity index (χ1) is 5.91. The van der Waals surface area contributed by atoms with Crippen LogP contribution in [0.25, 0.3) is 0 Å². The SMILES string of the molecule is ClCOCCCCCCOCCl. The van der Waals surface area contributed by atoms with Crippen molar-refractivity contribution in [1.29, 1.82) is 0 Å². The third-order valence-corrected chi connectivity index (χ3v) is 1.79. The Labute approximate surface area is 84.1 Å². The zero-order valence-electron chi connectivity index (χ0n) is 7.23. The quantitative estimate of drug-likeness (QED) is 0.434. The molecular formula is C8H16Cl2O2. The predicted octanol–water partition coefficient (Wildman–Crippen LogP) is 2.97. The van der Waals surface area contributed by atoms with Crippen molar-refractivity contribution < 1.29 is 9.47 Å². The molecule has 0 saturated heterocycles. The molecule has 0 fully saturated rings. The first-order valence-electron chi connectivity index (χ1n) is 4.19. The van der Waals surface area contributed by atoms with E-state index in [1.54, 1.807) is 0 Å². The molecule has 0 aromatic heterocycles. The first-order valence-corrected chi connectivity index (χ1v) is 5.26. The summed E-state index contributed by atoms with van der Waals surface area (Å²) in [5, 5.41) is 0. The highest BCUT2D eigenvalue weighted by molar-refractivity contribution is 6.17. The van der Waals surface area contributed by atoms with Gasteiger partial charge in [-0.3, -0.25) is 0 Å². The molecule has 2 nitrogen and oxygen atoms in total. The zero-order chi connectivity index (χ0) is 9.07. The highest BCUT2D eigenvalue weighted by Crippen LogP contribution is 2.00. The van der Waals surface area contributed by atoms with Crippen molar-refractivity contribution in [3.8, 4) is 0 Å². The lowest BCUT2D eigenvalue weighted by Gasteiger charge is -2.01. The minimum absolute atomic E-state index is 0.301. The van der Waals surface area contributed by atoms with Gasteiger partial charge in [0.15, 0.2) is 0 Å².